The lowest BCUT2D eigenvalue weighted by Crippen LogP contribution is -2.52. The third-order valence-electron chi connectivity index (χ3n) is 3.50. The van der Waals surface area contributed by atoms with Crippen molar-refractivity contribution >= 4 is 5.97 Å². The first-order chi connectivity index (χ1) is 8.51. The van der Waals surface area contributed by atoms with Crippen LogP contribution in [-0.4, -0.2) is 30.8 Å². The number of carboxylic acids is 1. The van der Waals surface area contributed by atoms with E-state index in [4.69, 9.17) is 20.3 Å². The molecule has 1 aromatic rings. The molecule has 1 atom stereocenters. The highest BCUT2D eigenvalue weighted by Gasteiger charge is 2.38. The number of hydrogen-bond donors (Lipinski definition) is 2. The van der Waals surface area contributed by atoms with Gasteiger partial charge in [-0.3, -0.25) is 4.79 Å². The van der Waals surface area contributed by atoms with Crippen LogP contribution >= 0.6 is 0 Å². The zero-order valence-electron chi connectivity index (χ0n) is 10.5. The van der Waals surface area contributed by atoms with Crippen LogP contribution in [0.1, 0.15) is 17.5 Å². The Morgan fingerprint density at radius 3 is 2.67 bits per heavy atom. The first kappa shape index (κ1) is 12.7. The molecular weight excluding hydrogens is 234 g/mol. The maximum Gasteiger partial charge on any atom is 0.324 e. The zero-order chi connectivity index (χ0) is 13.3. The normalized spacial score (nSPS) is 22.2. The van der Waals surface area contributed by atoms with E-state index in [1.807, 2.05) is 6.07 Å². The minimum absolute atomic E-state index is 0.317. The van der Waals surface area contributed by atoms with Gasteiger partial charge >= 0.3 is 5.97 Å². The quantitative estimate of drug-likeness (QED) is 0.836. The average Bonchev–Trinajstić information content (AvgIpc) is 2.36. The lowest BCUT2D eigenvalue weighted by atomic mass is 9.78. The molecule has 0 radical (unpaired) electrons. The van der Waals surface area contributed by atoms with Gasteiger partial charge in [0.25, 0.3) is 0 Å². The zero-order valence-corrected chi connectivity index (χ0v) is 10.5. The van der Waals surface area contributed by atoms with Crippen LogP contribution in [0.2, 0.25) is 0 Å². The largest absolute Gasteiger partial charge is 0.493 e. The summed E-state index contributed by atoms with van der Waals surface area (Å²) in [5, 5.41) is 9.17. The number of carboxylic acid groups (broad SMARTS) is 1. The van der Waals surface area contributed by atoms with Gasteiger partial charge in [0.2, 0.25) is 0 Å². The Hall–Kier alpha value is -1.75. The maximum absolute atomic E-state index is 11.2. The molecule has 1 aliphatic carbocycles. The van der Waals surface area contributed by atoms with Gasteiger partial charge < -0.3 is 20.3 Å². The van der Waals surface area contributed by atoms with Crippen LogP contribution in [-0.2, 0) is 17.6 Å². The van der Waals surface area contributed by atoms with Crippen molar-refractivity contribution < 1.29 is 19.4 Å². The van der Waals surface area contributed by atoms with Gasteiger partial charge in [0.15, 0.2) is 11.5 Å². The van der Waals surface area contributed by atoms with Crippen molar-refractivity contribution in [3.63, 3.8) is 0 Å². The Bertz CT molecular complexity index is 486. The number of methoxy groups -OCH3 is 2. The number of nitrogens with two attached hydrogens (primary N) is 1. The van der Waals surface area contributed by atoms with Crippen LogP contribution in [0, 0.1) is 0 Å². The second-order valence-electron chi connectivity index (χ2n) is 4.58. The summed E-state index contributed by atoms with van der Waals surface area (Å²) in [5.41, 5.74) is 6.65. The Labute approximate surface area is 106 Å². The predicted molar refractivity (Wildman–Crippen MR) is 66.1 cm³/mol. The number of rotatable bonds is 3. The number of benzene rings is 1. The summed E-state index contributed by atoms with van der Waals surface area (Å²) in [6.07, 6.45) is 1.30. The number of hydrogen-bond acceptors (Lipinski definition) is 4. The van der Waals surface area contributed by atoms with E-state index in [1.54, 1.807) is 20.3 Å². The summed E-state index contributed by atoms with van der Waals surface area (Å²) >= 11 is 0. The summed E-state index contributed by atoms with van der Waals surface area (Å²) in [7, 11) is 3.16. The Morgan fingerprint density at radius 2 is 2.11 bits per heavy atom. The molecule has 3 N–H and O–H groups in total. The van der Waals surface area contributed by atoms with Gasteiger partial charge in [-0.15, -0.1) is 0 Å². The molecule has 0 bridgehead atoms. The fourth-order valence-corrected chi connectivity index (χ4v) is 2.43. The smallest absolute Gasteiger partial charge is 0.324 e. The minimum Gasteiger partial charge on any atom is -0.493 e. The van der Waals surface area contributed by atoms with E-state index in [9.17, 15) is 4.79 Å². The second kappa shape index (κ2) is 4.49. The SMILES string of the molecule is COc1ccc2c(c1OC)CC[C@](N)(C(=O)O)C2. The summed E-state index contributed by atoms with van der Waals surface area (Å²) in [5.74, 6) is 0.390. The second-order valence-corrected chi connectivity index (χ2v) is 4.58. The van der Waals surface area contributed by atoms with Crippen LogP contribution in [0.4, 0.5) is 0 Å². The van der Waals surface area contributed by atoms with Gasteiger partial charge in [0.1, 0.15) is 5.54 Å². The van der Waals surface area contributed by atoms with E-state index in [2.05, 4.69) is 0 Å². The Balaban J connectivity index is 2.44. The van der Waals surface area contributed by atoms with E-state index in [0.717, 1.165) is 11.1 Å². The minimum atomic E-state index is -1.17. The van der Waals surface area contributed by atoms with Gasteiger partial charge in [0.05, 0.1) is 14.2 Å². The molecule has 1 aliphatic rings. The van der Waals surface area contributed by atoms with Crippen LogP contribution in [0.3, 0.4) is 0 Å². The van der Waals surface area contributed by atoms with Crippen molar-refractivity contribution in [1.29, 1.82) is 0 Å². The first-order valence-electron chi connectivity index (χ1n) is 5.77. The molecule has 0 saturated carbocycles. The number of fused-ring (bicyclic) bond motifs is 1. The highest BCUT2D eigenvalue weighted by Crippen LogP contribution is 2.39. The van der Waals surface area contributed by atoms with Gasteiger partial charge in [-0.05, 0) is 24.5 Å². The van der Waals surface area contributed by atoms with E-state index >= 15 is 0 Å². The lowest BCUT2D eigenvalue weighted by molar-refractivity contribution is -0.143. The first-order valence-corrected chi connectivity index (χ1v) is 5.77. The fourth-order valence-electron chi connectivity index (χ4n) is 2.43. The standard InChI is InChI=1S/C13H17NO4/c1-17-10-4-3-8-7-13(14,12(15)16)6-5-9(8)11(10)18-2/h3-4H,5-7,14H2,1-2H3,(H,15,16)/t13-/m1/s1. The molecule has 98 valence electrons. The topological polar surface area (TPSA) is 81.8 Å². The Kier molecular flexibility index (Phi) is 3.17. The lowest BCUT2D eigenvalue weighted by Gasteiger charge is -2.31. The number of carbonyl (C=O) groups is 1. The summed E-state index contributed by atoms with van der Waals surface area (Å²) in [4.78, 5) is 11.2. The fraction of sp³-hybridized carbons (Fsp3) is 0.462. The van der Waals surface area contributed by atoms with Gasteiger partial charge in [0, 0.05) is 12.0 Å². The molecule has 5 nitrogen and oxygen atoms in total. The van der Waals surface area contributed by atoms with Crippen molar-refractivity contribution in [1.82, 2.24) is 0 Å². The summed E-state index contributed by atoms with van der Waals surface area (Å²) in [6, 6.07) is 3.64. The molecule has 0 fully saturated rings. The van der Waals surface area contributed by atoms with Gasteiger partial charge in [-0.25, -0.2) is 0 Å². The van der Waals surface area contributed by atoms with Gasteiger partial charge in [-0.2, -0.15) is 0 Å². The van der Waals surface area contributed by atoms with Crippen molar-refractivity contribution in [2.45, 2.75) is 24.8 Å². The third-order valence-corrected chi connectivity index (χ3v) is 3.50. The molecular formula is C13H17NO4. The molecule has 0 aliphatic heterocycles. The van der Waals surface area contributed by atoms with E-state index in [0.29, 0.717) is 30.8 Å². The molecule has 0 heterocycles. The van der Waals surface area contributed by atoms with Crippen LogP contribution in [0.25, 0.3) is 0 Å². The van der Waals surface area contributed by atoms with Crippen LogP contribution in [0.15, 0.2) is 12.1 Å². The molecule has 0 amide bonds. The summed E-state index contributed by atoms with van der Waals surface area (Å²) in [6.45, 7) is 0. The molecule has 5 heteroatoms. The van der Waals surface area contributed by atoms with E-state index in [-0.39, 0.29) is 0 Å². The molecule has 1 aromatic carbocycles. The van der Waals surface area contributed by atoms with Crippen LogP contribution < -0.4 is 15.2 Å². The maximum atomic E-state index is 11.2. The van der Waals surface area contributed by atoms with Crippen LogP contribution in [0.5, 0.6) is 11.5 Å². The van der Waals surface area contributed by atoms with E-state index in [1.165, 1.54) is 0 Å². The van der Waals surface area contributed by atoms with Gasteiger partial charge in [-0.1, -0.05) is 6.07 Å². The molecule has 0 saturated heterocycles. The third kappa shape index (κ3) is 1.90. The van der Waals surface area contributed by atoms with Crippen molar-refractivity contribution in [3.05, 3.63) is 23.3 Å². The summed E-state index contributed by atoms with van der Waals surface area (Å²) < 4.78 is 10.6. The van der Waals surface area contributed by atoms with Crippen molar-refractivity contribution in [2.75, 3.05) is 14.2 Å². The van der Waals surface area contributed by atoms with E-state index < -0.39 is 11.5 Å². The van der Waals surface area contributed by atoms with Crippen molar-refractivity contribution in [3.8, 4) is 11.5 Å². The molecule has 18 heavy (non-hydrogen) atoms. The van der Waals surface area contributed by atoms with Crippen molar-refractivity contribution in [2.24, 2.45) is 5.73 Å². The predicted octanol–water partition coefficient (Wildman–Crippen LogP) is 0.975. The molecule has 2 rings (SSSR count). The molecule has 0 unspecified atom stereocenters. The molecule has 0 spiro atoms. The highest BCUT2D eigenvalue weighted by atomic mass is 16.5. The number of ether oxygens (including phenoxy) is 2. The average molecular weight is 251 g/mol. The monoisotopic (exact) mass is 251 g/mol. The Morgan fingerprint density at radius 1 is 1.39 bits per heavy atom. The number of aliphatic carboxylic acids is 1. The highest BCUT2D eigenvalue weighted by molar-refractivity contribution is 5.79. The molecule has 0 aromatic heterocycles.